The quantitative estimate of drug-likeness (QED) is 0.0942. The van der Waals surface area contributed by atoms with Crippen molar-refractivity contribution in [1.82, 2.24) is 0 Å². The Labute approximate surface area is 321 Å². The van der Waals surface area contributed by atoms with Gasteiger partial charge in [0.15, 0.2) is 0 Å². The predicted molar refractivity (Wildman–Crippen MR) is 214 cm³/mol. The molecule has 2 heterocycles. The van der Waals surface area contributed by atoms with Crippen molar-refractivity contribution in [3.05, 3.63) is 93.5 Å². The average molecular weight is 781 g/mol. The van der Waals surface area contributed by atoms with Crippen LogP contribution in [-0.4, -0.2) is 70.6 Å². The molecule has 0 aromatic heterocycles. The summed E-state index contributed by atoms with van der Waals surface area (Å²) in [5.41, 5.74) is 5.95. The van der Waals surface area contributed by atoms with E-state index in [1.807, 2.05) is 0 Å². The molecule has 0 spiro atoms. The predicted octanol–water partition coefficient (Wildman–Crippen LogP) is 10.3. The summed E-state index contributed by atoms with van der Waals surface area (Å²) in [5, 5.41) is 0. The van der Waals surface area contributed by atoms with Crippen molar-refractivity contribution < 1.29 is 28.4 Å². The summed E-state index contributed by atoms with van der Waals surface area (Å²) in [5.74, 6) is 0.943. The van der Waals surface area contributed by atoms with E-state index >= 15 is 0 Å². The van der Waals surface area contributed by atoms with E-state index in [0.29, 0.717) is 39.6 Å². The molecule has 0 N–H and O–H groups in total. The third-order valence-electron chi connectivity index (χ3n) is 9.97. The number of halogens is 1. The van der Waals surface area contributed by atoms with Crippen LogP contribution in [0.2, 0.25) is 0 Å². The third-order valence-corrected chi connectivity index (χ3v) is 10.7. The molecule has 1 fully saturated rings. The second-order valence-electron chi connectivity index (χ2n) is 14.2. The molecule has 2 aliphatic rings. The van der Waals surface area contributed by atoms with Gasteiger partial charge in [0.05, 0.1) is 18.8 Å². The highest BCUT2D eigenvalue weighted by Gasteiger charge is 2.48. The first kappa shape index (κ1) is 40.7. The smallest absolute Gasteiger partial charge is 0.142 e. The first-order chi connectivity index (χ1) is 25.6. The molecule has 0 unspecified atom stereocenters. The molecule has 0 saturated carbocycles. The Balaban J connectivity index is 1.44. The van der Waals surface area contributed by atoms with Gasteiger partial charge in [0.25, 0.3) is 0 Å². The minimum atomic E-state index is -0.334. The molecule has 8 heteroatoms. The summed E-state index contributed by atoms with van der Waals surface area (Å²) in [7, 11) is 0. The fourth-order valence-corrected chi connectivity index (χ4v) is 7.34. The van der Waals surface area contributed by atoms with Crippen LogP contribution in [0.5, 0.6) is 5.75 Å². The maximum atomic E-state index is 7.07. The molecule has 5 rings (SSSR count). The highest BCUT2D eigenvalue weighted by Crippen LogP contribution is 2.40. The topological polar surface area (TPSA) is 58.6 Å². The number of unbranched alkanes of at least 4 members (excludes halogenated alkanes) is 4. The van der Waals surface area contributed by atoms with Crippen LogP contribution in [0.4, 0.5) is 5.69 Å². The van der Waals surface area contributed by atoms with Crippen molar-refractivity contribution in [3.63, 3.8) is 0 Å². The van der Waals surface area contributed by atoms with E-state index in [0.717, 1.165) is 92.3 Å². The Morgan fingerprint density at radius 1 is 0.712 bits per heavy atom. The second-order valence-corrected chi connectivity index (χ2v) is 15.0. The monoisotopic (exact) mass is 779 g/mol. The zero-order chi connectivity index (χ0) is 36.5. The molecule has 0 amide bonds. The summed E-state index contributed by atoms with van der Waals surface area (Å²) in [6, 6.07) is 23.9. The minimum absolute atomic E-state index is 0.276. The summed E-state index contributed by atoms with van der Waals surface area (Å²) in [6.07, 6.45) is 7.52. The summed E-state index contributed by atoms with van der Waals surface area (Å²) in [4.78, 5) is 2.43. The number of anilines is 1. The summed E-state index contributed by atoms with van der Waals surface area (Å²) < 4.78 is 40.6. The van der Waals surface area contributed by atoms with Crippen LogP contribution in [0.1, 0.15) is 107 Å². The van der Waals surface area contributed by atoms with Gasteiger partial charge in [-0.15, -0.1) is 0 Å². The van der Waals surface area contributed by atoms with Crippen molar-refractivity contribution in [2.45, 2.75) is 123 Å². The van der Waals surface area contributed by atoms with Gasteiger partial charge in [-0.2, -0.15) is 0 Å². The number of rotatable bonds is 22. The molecule has 1 saturated heterocycles. The minimum Gasteiger partial charge on any atom is -0.490 e. The SMILES string of the molecule is CCCCOC[C@H]1O[C@@H](c2ccc(Br)c(Cc3ccc4c(c3)N(Cc3ccccc3)CCO4)c2)[C@H](OCCCC)[C@@H](OCCCC)[C@@H]1OCCCC. The highest BCUT2D eigenvalue weighted by molar-refractivity contribution is 9.10. The lowest BCUT2D eigenvalue weighted by atomic mass is 9.89. The van der Waals surface area contributed by atoms with Gasteiger partial charge < -0.3 is 33.3 Å². The normalized spacial score (nSPS) is 21.6. The number of ether oxygens (including phenoxy) is 6. The first-order valence-electron chi connectivity index (χ1n) is 20.0. The van der Waals surface area contributed by atoms with E-state index in [1.165, 1.54) is 16.7 Å². The molecule has 3 aromatic rings. The zero-order valence-corrected chi connectivity index (χ0v) is 33.6. The van der Waals surface area contributed by atoms with Crippen molar-refractivity contribution in [1.29, 1.82) is 0 Å². The van der Waals surface area contributed by atoms with Crippen molar-refractivity contribution in [2.24, 2.45) is 0 Å². The lowest BCUT2D eigenvalue weighted by molar-refractivity contribution is -0.268. The Kier molecular flexibility index (Phi) is 17.3. The first-order valence-corrected chi connectivity index (χ1v) is 20.8. The molecule has 52 heavy (non-hydrogen) atoms. The maximum Gasteiger partial charge on any atom is 0.142 e. The van der Waals surface area contributed by atoms with Crippen LogP contribution in [-0.2, 0) is 36.6 Å². The van der Waals surface area contributed by atoms with Gasteiger partial charge in [0.2, 0.25) is 0 Å². The van der Waals surface area contributed by atoms with Crippen LogP contribution in [0.15, 0.2) is 71.2 Å². The molecule has 0 bridgehead atoms. The standard InChI is InChI=1S/C44H62BrNO6/c1-5-9-23-47-32-40-42(49-24-10-6-2)44(51-26-12-8-4)43(50-25-11-7-3)41(52-40)35-19-20-37(45)36(30-35)28-34-18-21-39-38(29-34)46(22-27-48-39)31-33-16-14-13-15-17-33/h13-21,29-30,40-44H,5-12,22-28,31-32H2,1-4H3/t40-,41+,42-,43+,44+/m1/s1. The van der Waals surface area contributed by atoms with E-state index in [1.54, 1.807) is 0 Å². The lowest BCUT2D eigenvalue weighted by Gasteiger charge is -2.46. The molecule has 0 radical (unpaired) electrons. The Morgan fingerprint density at radius 3 is 2.10 bits per heavy atom. The van der Waals surface area contributed by atoms with Crippen LogP contribution >= 0.6 is 15.9 Å². The van der Waals surface area contributed by atoms with Gasteiger partial charge in [-0.25, -0.2) is 0 Å². The number of fused-ring (bicyclic) bond motifs is 1. The van der Waals surface area contributed by atoms with Gasteiger partial charge in [0.1, 0.15) is 42.9 Å². The molecule has 0 aliphatic carbocycles. The van der Waals surface area contributed by atoms with Crippen LogP contribution in [0, 0.1) is 0 Å². The number of hydrogen-bond donors (Lipinski definition) is 0. The van der Waals surface area contributed by atoms with Gasteiger partial charge in [-0.05, 0) is 72.6 Å². The molecule has 286 valence electrons. The fraction of sp³-hybridized carbons (Fsp3) is 0.591. The number of hydrogen-bond acceptors (Lipinski definition) is 7. The highest BCUT2D eigenvalue weighted by atomic mass is 79.9. The lowest BCUT2D eigenvalue weighted by Crippen LogP contribution is -2.58. The Bertz CT molecular complexity index is 1460. The van der Waals surface area contributed by atoms with E-state index in [2.05, 4.69) is 115 Å². The van der Waals surface area contributed by atoms with E-state index < -0.39 is 0 Å². The summed E-state index contributed by atoms with van der Waals surface area (Å²) >= 11 is 3.90. The van der Waals surface area contributed by atoms with Crippen molar-refractivity contribution >= 4 is 21.6 Å². The summed E-state index contributed by atoms with van der Waals surface area (Å²) in [6.45, 7) is 14.3. The molecular weight excluding hydrogens is 718 g/mol. The van der Waals surface area contributed by atoms with Crippen molar-refractivity contribution in [3.8, 4) is 5.75 Å². The molecule has 7 nitrogen and oxygen atoms in total. The zero-order valence-electron chi connectivity index (χ0n) is 32.0. The van der Waals surface area contributed by atoms with Crippen LogP contribution in [0.3, 0.4) is 0 Å². The molecule has 2 aliphatic heterocycles. The van der Waals surface area contributed by atoms with Crippen LogP contribution in [0.25, 0.3) is 0 Å². The fourth-order valence-electron chi connectivity index (χ4n) is 6.95. The van der Waals surface area contributed by atoms with Crippen molar-refractivity contribution in [2.75, 3.05) is 51.1 Å². The van der Waals surface area contributed by atoms with E-state index in [4.69, 9.17) is 28.4 Å². The van der Waals surface area contributed by atoms with Gasteiger partial charge in [-0.3, -0.25) is 0 Å². The number of benzene rings is 3. The van der Waals surface area contributed by atoms with E-state index in [-0.39, 0.29) is 30.5 Å². The third kappa shape index (κ3) is 11.5. The molecule has 5 atom stereocenters. The van der Waals surface area contributed by atoms with Gasteiger partial charge in [-0.1, -0.05) is 118 Å². The average Bonchev–Trinajstić information content (AvgIpc) is 3.16. The molecule has 3 aromatic carbocycles. The largest absolute Gasteiger partial charge is 0.490 e. The van der Waals surface area contributed by atoms with Gasteiger partial charge in [0, 0.05) is 37.4 Å². The Hall–Kier alpha value is -2.46. The maximum absolute atomic E-state index is 7.07. The second kappa shape index (κ2) is 22.0. The van der Waals surface area contributed by atoms with E-state index in [9.17, 15) is 0 Å². The molecular formula is C44H62BrNO6. The Morgan fingerprint density at radius 2 is 1.38 bits per heavy atom. The number of nitrogens with zero attached hydrogens (tertiary/aromatic N) is 1. The van der Waals surface area contributed by atoms with Crippen LogP contribution < -0.4 is 9.64 Å². The van der Waals surface area contributed by atoms with Gasteiger partial charge >= 0.3 is 0 Å².